The van der Waals surface area contributed by atoms with E-state index in [-0.39, 0.29) is 0 Å². The average molecular weight is 191 g/mol. The van der Waals surface area contributed by atoms with E-state index in [4.69, 9.17) is 4.74 Å². The fourth-order valence-corrected chi connectivity index (χ4v) is 1.41. The molecular formula is C10H13N3O. The molecule has 2 aromatic heterocycles. The lowest BCUT2D eigenvalue weighted by molar-refractivity contribution is 0.200. The predicted molar refractivity (Wildman–Crippen MR) is 53.3 cm³/mol. The van der Waals surface area contributed by atoms with Gasteiger partial charge in [0, 0.05) is 19.7 Å². The minimum Gasteiger partial charge on any atom is -0.384 e. The van der Waals surface area contributed by atoms with Crippen LogP contribution in [0.15, 0.2) is 18.3 Å². The maximum Gasteiger partial charge on any atom is 0.161 e. The second kappa shape index (κ2) is 3.75. The highest BCUT2D eigenvalue weighted by atomic mass is 16.5. The molecule has 4 heteroatoms. The van der Waals surface area contributed by atoms with Crippen LogP contribution in [0.25, 0.3) is 5.65 Å². The van der Waals surface area contributed by atoms with Gasteiger partial charge in [-0.1, -0.05) is 0 Å². The average Bonchev–Trinajstić information content (AvgIpc) is 2.57. The zero-order valence-corrected chi connectivity index (χ0v) is 8.40. The van der Waals surface area contributed by atoms with Crippen LogP contribution < -0.4 is 0 Å². The third-order valence-corrected chi connectivity index (χ3v) is 2.17. The number of ether oxygens (including phenoxy) is 1. The van der Waals surface area contributed by atoms with Crippen molar-refractivity contribution in [1.29, 1.82) is 0 Å². The summed E-state index contributed by atoms with van der Waals surface area (Å²) in [5, 5.41) is 8.20. The number of nitrogens with zero attached hydrogens (tertiary/aromatic N) is 3. The largest absolute Gasteiger partial charge is 0.384 e. The Morgan fingerprint density at radius 1 is 1.43 bits per heavy atom. The van der Waals surface area contributed by atoms with Gasteiger partial charge in [-0.25, -0.2) is 0 Å². The molecule has 14 heavy (non-hydrogen) atoms. The molecule has 4 nitrogen and oxygen atoms in total. The maximum absolute atomic E-state index is 5.01. The summed E-state index contributed by atoms with van der Waals surface area (Å²) in [6.45, 7) is 2.72. The van der Waals surface area contributed by atoms with Gasteiger partial charge in [-0.05, 0) is 24.6 Å². The fourth-order valence-electron chi connectivity index (χ4n) is 1.41. The van der Waals surface area contributed by atoms with Crippen molar-refractivity contribution in [3.63, 3.8) is 0 Å². The van der Waals surface area contributed by atoms with Crippen LogP contribution in [0.4, 0.5) is 0 Å². The Kier molecular flexibility index (Phi) is 2.45. The molecule has 0 saturated heterocycles. The second-order valence-electron chi connectivity index (χ2n) is 3.29. The molecule has 0 aliphatic heterocycles. The summed E-state index contributed by atoms with van der Waals surface area (Å²) in [5.74, 6) is 0.946. The summed E-state index contributed by atoms with van der Waals surface area (Å²) >= 11 is 0. The first-order chi connectivity index (χ1) is 6.81. The molecule has 0 aliphatic rings. The van der Waals surface area contributed by atoms with Crippen molar-refractivity contribution in [3.8, 4) is 0 Å². The first-order valence-corrected chi connectivity index (χ1v) is 4.60. The van der Waals surface area contributed by atoms with Crippen LogP contribution >= 0.6 is 0 Å². The summed E-state index contributed by atoms with van der Waals surface area (Å²) < 4.78 is 7.00. The minimum atomic E-state index is 0.675. The van der Waals surface area contributed by atoms with Gasteiger partial charge in [-0.15, -0.1) is 10.2 Å². The summed E-state index contributed by atoms with van der Waals surface area (Å²) in [7, 11) is 1.69. The SMILES string of the molecule is COCCc1nnc2cc(C)ccn12. The number of rotatable bonds is 3. The molecule has 0 spiro atoms. The summed E-state index contributed by atoms with van der Waals surface area (Å²) in [6, 6.07) is 4.07. The van der Waals surface area contributed by atoms with Gasteiger partial charge in [0.2, 0.25) is 0 Å². The number of methoxy groups -OCH3 is 1. The third kappa shape index (κ3) is 1.61. The van der Waals surface area contributed by atoms with E-state index in [1.54, 1.807) is 7.11 Å². The summed E-state index contributed by atoms with van der Waals surface area (Å²) in [4.78, 5) is 0. The molecule has 0 N–H and O–H groups in total. The second-order valence-corrected chi connectivity index (χ2v) is 3.29. The van der Waals surface area contributed by atoms with Crippen LogP contribution in [0.3, 0.4) is 0 Å². The van der Waals surface area contributed by atoms with Crippen LogP contribution in [0.1, 0.15) is 11.4 Å². The summed E-state index contributed by atoms with van der Waals surface area (Å²) in [6.07, 6.45) is 2.79. The normalized spacial score (nSPS) is 11.0. The minimum absolute atomic E-state index is 0.675. The van der Waals surface area contributed by atoms with Crippen molar-refractivity contribution in [2.24, 2.45) is 0 Å². The number of hydrogen-bond donors (Lipinski definition) is 0. The van der Waals surface area contributed by atoms with E-state index in [1.807, 2.05) is 29.7 Å². The van der Waals surface area contributed by atoms with E-state index in [0.29, 0.717) is 6.61 Å². The highest BCUT2D eigenvalue weighted by Crippen LogP contribution is 2.06. The molecule has 0 unspecified atom stereocenters. The van der Waals surface area contributed by atoms with Gasteiger partial charge >= 0.3 is 0 Å². The van der Waals surface area contributed by atoms with E-state index in [2.05, 4.69) is 10.2 Å². The van der Waals surface area contributed by atoms with E-state index in [1.165, 1.54) is 5.56 Å². The molecule has 0 fully saturated rings. The lowest BCUT2D eigenvalue weighted by atomic mass is 10.3. The van der Waals surface area contributed by atoms with Crippen LogP contribution in [0.5, 0.6) is 0 Å². The number of aryl methyl sites for hydroxylation is 1. The van der Waals surface area contributed by atoms with E-state index in [9.17, 15) is 0 Å². The predicted octanol–water partition coefficient (Wildman–Crippen LogP) is 1.23. The van der Waals surface area contributed by atoms with Crippen molar-refractivity contribution < 1.29 is 4.74 Å². The topological polar surface area (TPSA) is 39.4 Å². The Morgan fingerprint density at radius 2 is 2.29 bits per heavy atom. The Hall–Kier alpha value is -1.42. The zero-order chi connectivity index (χ0) is 9.97. The van der Waals surface area contributed by atoms with E-state index < -0.39 is 0 Å². The number of fused-ring (bicyclic) bond motifs is 1. The first-order valence-electron chi connectivity index (χ1n) is 4.60. The van der Waals surface area contributed by atoms with Crippen LogP contribution in [-0.2, 0) is 11.2 Å². The van der Waals surface area contributed by atoms with Gasteiger partial charge in [0.15, 0.2) is 5.65 Å². The Labute approximate surface area is 82.5 Å². The highest BCUT2D eigenvalue weighted by molar-refractivity contribution is 5.40. The van der Waals surface area contributed by atoms with Crippen molar-refractivity contribution in [2.75, 3.05) is 13.7 Å². The molecule has 2 rings (SSSR count). The molecule has 0 amide bonds. The van der Waals surface area contributed by atoms with Crippen LogP contribution in [0, 0.1) is 6.92 Å². The molecule has 0 radical (unpaired) electrons. The Bertz CT molecular complexity index is 436. The summed E-state index contributed by atoms with van der Waals surface area (Å²) in [5.41, 5.74) is 2.10. The highest BCUT2D eigenvalue weighted by Gasteiger charge is 2.03. The fraction of sp³-hybridized carbons (Fsp3) is 0.400. The molecular weight excluding hydrogens is 178 g/mol. The first kappa shape index (κ1) is 9.15. The Morgan fingerprint density at radius 3 is 3.07 bits per heavy atom. The van der Waals surface area contributed by atoms with Crippen molar-refractivity contribution in [2.45, 2.75) is 13.3 Å². The maximum atomic E-state index is 5.01. The lowest BCUT2D eigenvalue weighted by Gasteiger charge is -1.99. The van der Waals surface area contributed by atoms with Crippen LogP contribution in [-0.4, -0.2) is 28.3 Å². The molecule has 0 bridgehead atoms. The molecule has 0 saturated carbocycles. The third-order valence-electron chi connectivity index (χ3n) is 2.17. The quantitative estimate of drug-likeness (QED) is 0.732. The molecule has 0 aromatic carbocycles. The van der Waals surface area contributed by atoms with Gasteiger partial charge in [-0.2, -0.15) is 0 Å². The lowest BCUT2D eigenvalue weighted by Crippen LogP contribution is -2.00. The molecule has 2 aromatic rings. The van der Waals surface area contributed by atoms with Gasteiger partial charge < -0.3 is 4.74 Å². The molecule has 0 aliphatic carbocycles. The van der Waals surface area contributed by atoms with E-state index >= 15 is 0 Å². The molecule has 0 atom stereocenters. The Balaban J connectivity index is 2.37. The smallest absolute Gasteiger partial charge is 0.161 e. The van der Waals surface area contributed by atoms with Gasteiger partial charge in [-0.3, -0.25) is 4.40 Å². The number of aromatic nitrogens is 3. The molecule has 2 heterocycles. The van der Waals surface area contributed by atoms with Crippen molar-refractivity contribution >= 4 is 5.65 Å². The van der Waals surface area contributed by atoms with Crippen molar-refractivity contribution in [1.82, 2.24) is 14.6 Å². The van der Waals surface area contributed by atoms with Gasteiger partial charge in [0.05, 0.1) is 6.61 Å². The monoisotopic (exact) mass is 191 g/mol. The van der Waals surface area contributed by atoms with Crippen LogP contribution in [0.2, 0.25) is 0 Å². The standard InChI is InChI=1S/C10H13N3O/c1-8-3-5-13-9(4-6-14-2)11-12-10(13)7-8/h3,5,7H,4,6H2,1-2H3. The zero-order valence-electron chi connectivity index (χ0n) is 8.40. The number of hydrogen-bond acceptors (Lipinski definition) is 3. The molecule has 74 valence electrons. The van der Waals surface area contributed by atoms with Crippen molar-refractivity contribution in [3.05, 3.63) is 29.7 Å². The van der Waals surface area contributed by atoms with Gasteiger partial charge in [0.1, 0.15) is 5.82 Å². The van der Waals surface area contributed by atoms with E-state index in [0.717, 1.165) is 17.9 Å². The van der Waals surface area contributed by atoms with Gasteiger partial charge in [0.25, 0.3) is 0 Å². The number of pyridine rings is 1.